The minimum atomic E-state index is -3.44. The number of sulfonamides is 1. The number of aromatic nitrogens is 2. The average molecular weight is 458 g/mol. The van der Waals surface area contributed by atoms with Gasteiger partial charge in [-0.3, -0.25) is 4.79 Å². The molecule has 31 heavy (non-hydrogen) atoms. The molecule has 0 spiro atoms. The standard InChI is InChI=1S/C22H39N3O5S/c1-16(2)31(28,29)23-15-18-24-20(30-25-18)17(14-19(26)27)10-9-13-22(21(3,4)5)11-7-6-8-12-22/h16-17,23H,6-15H2,1-5H3,(H,26,27). The number of rotatable bonds is 11. The second-order valence-electron chi connectivity index (χ2n) is 10.2. The predicted molar refractivity (Wildman–Crippen MR) is 119 cm³/mol. The third-order valence-electron chi connectivity index (χ3n) is 6.92. The van der Waals surface area contributed by atoms with E-state index in [1.165, 1.54) is 32.1 Å². The van der Waals surface area contributed by atoms with Crippen molar-refractivity contribution in [3.05, 3.63) is 11.7 Å². The van der Waals surface area contributed by atoms with Crippen molar-refractivity contribution in [2.45, 2.75) is 110 Å². The quantitative estimate of drug-likeness (QED) is 0.497. The molecular weight excluding hydrogens is 418 g/mol. The molecule has 8 nitrogen and oxygen atoms in total. The fourth-order valence-corrected chi connectivity index (χ4v) is 5.31. The molecule has 1 atom stereocenters. The first-order chi connectivity index (χ1) is 14.4. The summed E-state index contributed by atoms with van der Waals surface area (Å²) in [5.41, 5.74) is 0.495. The van der Waals surface area contributed by atoms with E-state index in [1.54, 1.807) is 13.8 Å². The highest BCUT2D eigenvalue weighted by molar-refractivity contribution is 7.90. The normalized spacial score (nSPS) is 18.3. The van der Waals surface area contributed by atoms with Crippen LogP contribution in [-0.4, -0.2) is 34.9 Å². The number of carbonyl (C=O) groups is 1. The van der Waals surface area contributed by atoms with E-state index in [9.17, 15) is 18.3 Å². The second-order valence-corrected chi connectivity index (χ2v) is 12.6. The van der Waals surface area contributed by atoms with Crippen LogP contribution in [0.15, 0.2) is 4.52 Å². The maximum Gasteiger partial charge on any atom is 0.304 e. The van der Waals surface area contributed by atoms with E-state index in [-0.39, 0.29) is 41.4 Å². The number of hydrogen-bond acceptors (Lipinski definition) is 6. The van der Waals surface area contributed by atoms with Gasteiger partial charge >= 0.3 is 5.97 Å². The largest absolute Gasteiger partial charge is 0.481 e. The van der Waals surface area contributed by atoms with Crippen LogP contribution in [0.2, 0.25) is 0 Å². The zero-order valence-electron chi connectivity index (χ0n) is 19.6. The molecule has 9 heteroatoms. The molecule has 0 aliphatic heterocycles. The maximum atomic E-state index is 11.9. The Morgan fingerprint density at radius 1 is 1.23 bits per heavy atom. The Morgan fingerprint density at radius 3 is 2.42 bits per heavy atom. The first-order valence-corrected chi connectivity index (χ1v) is 12.9. The van der Waals surface area contributed by atoms with Crippen molar-refractivity contribution in [2.75, 3.05) is 0 Å². The van der Waals surface area contributed by atoms with Crippen LogP contribution in [0.1, 0.15) is 110 Å². The summed E-state index contributed by atoms with van der Waals surface area (Å²) in [6.45, 7) is 10.0. The Kier molecular flexibility index (Phi) is 8.67. The lowest BCUT2D eigenvalue weighted by atomic mass is 9.57. The highest BCUT2D eigenvalue weighted by Gasteiger charge is 2.42. The molecule has 178 valence electrons. The van der Waals surface area contributed by atoms with Gasteiger partial charge in [0, 0.05) is 5.92 Å². The Balaban J connectivity index is 2.04. The summed E-state index contributed by atoms with van der Waals surface area (Å²) < 4.78 is 31.6. The number of hydrogen-bond donors (Lipinski definition) is 2. The monoisotopic (exact) mass is 457 g/mol. The van der Waals surface area contributed by atoms with Crippen molar-refractivity contribution < 1.29 is 22.8 Å². The number of carboxylic acid groups (broad SMARTS) is 1. The Bertz CT molecular complexity index is 820. The van der Waals surface area contributed by atoms with Gasteiger partial charge in [0.25, 0.3) is 0 Å². The summed E-state index contributed by atoms with van der Waals surface area (Å²) in [5, 5.41) is 12.7. The number of nitrogens with zero attached hydrogens (tertiary/aromatic N) is 2. The summed E-state index contributed by atoms with van der Waals surface area (Å²) in [7, 11) is -3.44. The molecule has 1 unspecified atom stereocenters. The van der Waals surface area contributed by atoms with Crippen molar-refractivity contribution in [3.8, 4) is 0 Å². The topological polar surface area (TPSA) is 122 Å². The molecule has 0 amide bonds. The van der Waals surface area contributed by atoms with Gasteiger partial charge in [0.2, 0.25) is 15.9 Å². The number of nitrogens with one attached hydrogen (secondary N) is 1. The molecule has 0 aromatic carbocycles. The second kappa shape index (κ2) is 10.4. The van der Waals surface area contributed by atoms with Crippen molar-refractivity contribution >= 4 is 16.0 Å². The van der Waals surface area contributed by atoms with Crippen molar-refractivity contribution in [2.24, 2.45) is 10.8 Å². The van der Waals surface area contributed by atoms with Gasteiger partial charge in [-0.05, 0) is 50.4 Å². The Labute approximate surface area is 186 Å². The van der Waals surface area contributed by atoms with Crippen molar-refractivity contribution in [1.82, 2.24) is 14.9 Å². The lowest BCUT2D eigenvalue weighted by Gasteiger charge is -2.48. The Morgan fingerprint density at radius 2 is 1.87 bits per heavy atom. The molecule has 2 N–H and O–H groups in total. The van der Waals surface area contributed by atoms with Gasteiger partial charge in [-0.2, -0.15) is 4.98 Å². The summed E-state index contributed by atoms with van der Waals surface area (Å²) in [5.74, 6) is -0.794. The van der Waals surface area contributed by atoms with E-state index < -0.39 is 21.2 Å². The van der Waals surface area contributed by atoms with Gasteiger partial charge in [-0.25, -0.2) is 13.1 Å². The average Bonchev–Trinajstić information content (AvgIpc) is 3.14. The highest BCUT2D eigenvalue weighted by Crippen LogP contribution is 2.53. The van der Waals surface area contributed by atoms with Crippen LogP contribution in [0, 0.1) is 10.8 Å². The molecule has 0 saturated heterocycles. The van der Waals surface area contributed by atoms with E-state index in [0.29, 0.717) is 6.42 Å². The van der Waals surface area contributed by atoms with Crippen LogP contribution in [0.4, 0.5) is 0 Å². The van der Waals surface area contributed by atoms with Gasteiger partial charge in [0.15, 0.2) is 5.82 Å². The Hall–Kier alpha value is -1.48. The molecule has 1 aromatic heterocycles. The van der Waals surface area contributed by atoms with Crippen molar-refractivity contribution in [3.63, 3.8) is 0 Å². The van der Waals surface area contributed by atoms with E-state index in [2.05, 4.69) is 35.6 Å². The van der Waals surface area contributed by atoms with Gasteiger partial charge in [-0.15, -0.1) is 0 Å². The van der Waals surface area contributed by atoms with E-state index in [0.717, 1.165) is 12.8 Å². The maximum absolute atomic E-state index is 11.9. The summed E-state index contributed by atoms with van der Waals surface area (Å²) in [6, 6.07) is 0. The van der Waals surface area contributed by atoms with Gasteiger partial charge in [0.05, 0.1) is 18.2 Å². The molecule has 1 aromatic rings. The van der Waals surface area contributed by atoms with Gasteiger partial charge in [-0.1, -0.05) is 51.6 Å². The van der Waals surface area contributed by atoms with E-state index >= 15 is 0 Å². The predicted octanol–water partition coefficient (Wildman–Crippen LogP) is 4.62. The molecule has 1 saturated carbocycles. The fraction of sp³-hybridized carbons (Fsp3) is 0.864. The summed E-state index contributed by atoms with van der Waals surface area (Å²) in [4.78, 5) is 15.7. The van der Waals surface area contributed by atoms with Gasteiger partial charge < -0.3 is 9.63 Å². The summed E-state index contributed by atoms with van der Waals surface area (Å²) in [6.07, 6.45) is 8.79. The highest BCUT2D eigenvalue weighted by atomic mass is 32.2. The summed E-state index contributed by atoms with van der Waals surface area (Å²) >= 11 is 0. The van der Waals surface area contributed by atoms with Gasteiger partial charge in [0.1, 0.15) is 0 Å². The third kappa shape index (κ3) is 7.00. The fourth-order valence-electron chi connectivity index (χ4n) is 4.65. The molecule has 1 heterocycles. The molecular formula is C22H39N3O5S. The molecule has 0 radical (unpaired) electrons. The first-order valence-electron chi connectivity index (χ1n) is 11.4. The van der Waals surface area contributed by atoms with Crippen LogP contribution >= 0.6 is 0 Å². The van der Waals surface area contributed by atoms with E-state index in [4.69, 9.17) is 4.52 Å². The minimum absolute atomic E-state index is 0.0725. The number of aliphatic carboxylic acids is 1. The SMILES string of the molecule is CC(C)S(=O)(=O)NCc1noc(C(CCCC2(C(C)(C)C)CCCCC2)CC(=O)O)n1. The van der Waals surface area contributed by atoms with E-state index in [1.807, 2.05) is 0 Å². The van der Waals surface area contributed by atoms with Crippen LogP contribution in [0.3, 0.4) is 0 Å². The van der Waals surface area contributed by atoms with Crippen LogP contribution in [-0.2, 0) is 21.4 Å². The molecule has 1 aliphatic rings. The first kappa shape index (κ1) is 25.8. The van der Waals surface area contributed by atoms with Crippen LogP contribution in [0.25, 0.3) is 0 Å². The minimum Gasteiger partial charge on any atom is -0.481 e. The lowest BCUT2D eigenvalue weighted by Crippen LogP contribution is -2.37. The molecule has 2 rings (SSSR count). The molecule has 1 aliphatic carbocycles. The van der Waals surface area contributed by atoms with Crippen molar-refractivity contribution in [1.29, 1.82) is 0 Å². The zero-order chi connectivity index (χ0) is 23.3. The smallest absolute Gasteiger partial charge is 0.304 e. The third-order valence-corrected chi connectivity index (χ3v) is 8.70. The molecule has 1 fully saturated rings. The lowest BCUT2D eigenvalue weighted by molar-refractivity contribution is -0.137. The van der Waals surface area contributed by atoms with Crippen LogP contribution in [0.5, 0.6) is 0 Å². The van der Waals surface area contributed by atoms with Crippen LogP contribution < -0.4 is 4.72 Å². The molecule has 0 bridgehead atoms. The zero-order valence-corrected chi connectivity index (χ0v) is 20.4. The number of carboxylic acids is 1.